The van der Waals surface area contributed by atoms with E-state index >= 15 is 0 Å². The second-order valence-electron chi connectivity index (χ2n) is 5.01. The maximum absolute atomic E-state index is 11.5. The molecule has 0 spiro atoms. The predicted molar refractivity (Wildman–Crippen MR) is 66.9 cm³/mol. The highest BCUT2D eigenvalue weighted by Gasteiger charge is 2.50. The predicted octanol–water partition coefficient (Wildman–Crippen LogP) is 1.19. The third-order valence-electron chi connectivity index (χ3n) is 3.93. The van der Waals surface area contributed by atoms with E-state index in [1.807, 2.05) is 0 Å². The van der Waals surface area contributed by atoms with Crippen molar-refractivity contribution in [2.75, 3.05) is 6.61 Å². The maximum Gasteiger partial charge on any atom is 0.309 e. The summed E-state index contributed by atoms with van der Waals surface area (Å²) in [6.45, 7) is 3.46. The molecule has 1 saturated carbocycles. The van der Waals surface area contributed by atoms with Crippen molar-refractivity contribution in [3.8, 4) is 0 Å². The van der Waals surface area contributed by atoms with Crippen LogP contribution >= 0.6 is 0 Å². The Bertz CT molecular complexity index is 417. The second-order valence-corrected chi connectivity index (χ2v) is 5.01. The first kappa shape index (κ1) is 16.0. The molecule has 0 aliphatic heterocycles. The molecule has 7 heteroatoms. The molecule has 3 atom stereocenters. The molecule has 1 rings (SSSR count). The monoisotopic (exact) mass is 286 g/mol. The van der Waals surface area contributed by atoms with Gasteiger partial charge in [0.15, 0.2) is 0 Å². The lowest BCUT2D eigenvalue weighted by molar-refractivity contribution is -0.166. The van der Waals surface area contributed by atoms with Gasteiger partial charge in [-0.3, -0.25) is 14.4 Å². The van der Waals surface area contributed by atoms with Crippen molar-refractivity contribution in [1.82, 2.24) is 0 Å². The van der Waals surface area contributed by atoms with Gasteiger partial charge in [-0.15, -0.1) is 0 Å². The number of ether oxygens (including phenoxy) is 1. The third-order valence-corrected chi connectivity index (χ3v) is 3.93. The first-order valence-electron chi connectivity index (χ1n) is 6.25. The second kappa shape index (κ2) is 6.40. The van der Waals surface area contributed by atoms with Crippen molar-refractivity contribution in [2.45, 2.75) is 25.7 Å². The normalized spacial score (nSPS) is 29.4. The molecule has 7 nitrogen and oxygen atoms in total. The van der Waals surface area contributed by atoms with Crippen LogP contribution in [0.15, 0.2) is 12.8 Å². The van der Waals surface area contributed by atoms with E-state index in [-0.39, 0.29) is 32.3 Å². The van der Waals surface area contributed by atoms with E-state index in [0.717, 1.165) is 0 Å². The quantitative estimate of drug-likeness (QED) is 0.474. The topological polar surface area (TPSA) is 121 Å². The maximum atomic E-state index is 11.5. The minimum absolute atomic E-state index is 0.0344. The summed E-state index contributed by atoms with van der Waals surface area (Å²) in [5.41, 5.74) is -1.25. The zero-order valence-electron chi connectivity index (χ0n) is 10.9. The molecule has 3 unspecified atom stereocenters. The van der Waals surface area contributed by atoms with Crippen molar-refractivity contribution in [1.29, 1.82) is 0 Å². The lowest BCUT2D eigenvalue weighted by Gasteiger charge is -2.38. The van der Waals surface area contributed by atoms with Crippen LogP contribution in [0.5, 0.6) is 0 Å². The third kappa shape index (κ3) is 3.28. The van der Waals surface area contributed by atoms with Crippen LogP contribution in [0.25, 0.3) is 0 Å². The number of carbonyl (C=O) groups is 3. The molecule has 1 aliphatic rings. The average Bonchev–Trinajstić information content (AvgIpc) is 2.38. The van der Waals surface area contributed by atoms with Gasteiger partial charge in [-0.2, -0.15) is 0 Å². The molecule has 112 valence electrons. The lowest BCUT2D eigenvalue weighted by Crippen LogP contribution is -2.45. The first-order chi connectivity index (χ1) is 9.34. The van der Waals surface area contributed by atoms with Gasteiger partial charge in [-0.1, -0.05) is 6.58 Å². The van der Waals surface area contributed by atoms with Gasteiger partial charge in [0.05, 0.1) is 30.1 Å². The molecular weight excluding hydrogens is 268 g/mol. The highest BCUT2D eigenvalue weighted by Crippen LogP contribution is 2.45. The van der Waals surface area contributed by atoms with Crippen LogP contribution in [0, 0.1) is 17.3 Å². The molecule has 1 aliphatic carbocycles. The summed E-state index contributed by atoms with van der Waals surface area (Å²) in [6, 6.07) is 0. The van der Waals surface area contributed by atoms with Gasteiger partial charge in [0, 0.05) is 0 Å². The summed E-state index contributed by atoms with van der Waals surface area (Å²) < 4.78 is 4.92. The van der Waals surface area contributed by atoms with Crippen LogP contribution in [0.2, 0.25) is 0 Å². The lowest BCUT2D eigenvalue weighted by atomic mass is 9.64. The Morgan fingerprint density at radius 2 is 1.80 bits per heavy atom. The standard InChI is InChI=1S/C13H18O7/c1-2-20-6-5-13(12(18)19)4-3-8(10(14)15)9(7-13)11(16)17/h2,8-9H,1,3-7H2,(H,14,15)(H,16,17)(H,18,19). The largest absolute Gasteiger partial charge is 0.502 e. The van der Waals surface area contributed by atoms with Gasteiger partial charge in [0.1, 0.15) is 0 Å². The molecule has 0 bridgehead atoms. The fourth-order valence-corrected chi connectivity index (χ4v) is 2.72. The summed E-state index contributed by atoms with van der Waals surface area (Å²) >= 11 is 0. The molecule has 0 radical (unpaired) electrons. The molecule has 3 N–H and O–H groups in total. The van der Waals surface area contributed by atoms with Gasteiger partial charge < -0.3 is 20.1 Å². The van der Waals surface area contributed by atoms with E-state index in [0.29, 0.717) is 0 Å². The summed E-state index contributed by atoms with van der Waals surface area (Å²) in [4.78, 5) is 33.8. The number of hydrogen-bond donors (Lipinski definition) is 3. The summed E-state index contributed by atoms with van der Waals surface area (Å²) in [5.74, 6) is -5.81. The van der Waals surface area contributed by atoms with E-state index in [1.165, 1.54) is 6.26 Å². The molecule has 1 fully saturated rings. The van der Waals surface area contributed by atoms with E-state index in [4.69, 9.17) is 14.9 Å². The zero-order valence-corrected chi connectivity index (χ0v) is 10.9. The first-order valence-corrected chi connectivity index (χ1v) is 6.25. The van der Waals surface area contributed by atoms with Crippen LogP contribution in [0.1, 0.15) is 25.7 Å². The fourth-order valence-electron chi connectivity index (χ4n) is 2.72. The fraction of sp³-hybridized carbons (Fsp3) is 0.615. The Balaban J connectivity index is 2.93. The number of carboxylic acid groups (broad SMARTS) is 3. The Kier molecular flexibility index (Phi) is 5.12. The SMILES string of the molecule is C=COCCC1(C(=O)O)CCC(C(=O)O)C(C(=O)O)C1. The van der Waals surface area contributed by atoms with Crippen LogP contribution in [-0.2, 0) is 19.1 Å². The number of rotatable bonds is 7. The van der Waals surface area contributed by atoms with Crippen LogP contribution in [0.4, 0.5) is 0 Å². The van der Waals surface area contributed by atoms with Crippen LogP contribution in [-0.4, -0.2) is 39.8 Å². The molecule has 0 aromatic carbocycles. The summed E-state index contributed by atoms with van der Waals surface area (Å²) in [5, 5.41) is 27.6. The van der Waals surface area contributed by atoms with Crippen LogP contribution < -0.4 is 0 Å². The number of aliphatic carboxylic acids is 3. The minimum Gasteiger partial charge on any atom is -0.502 e. The van der Waals surface area contributed by atoms with Gasteiger partial charge in [-0.05, 0) is 25.7 Å². The van der Waals surface area contributed by atoms with Gasteiger partial charge in [-0.25, -0.2) is 0 Å². The highest BCUT2D eigenvalue weighted by molar-refractivity contribution is 5.83. The minimum atomic E-state index is -1.27. The molecule has 0 amide bonds. The highest BCUT2D eigenvalue weighted by atomic mass is 16.5. The van der Waals surface area contributed by atoms with Crippen molar-refractivity contribution >= 4 is 17.9 Å². The van der Waals surface area contributed by atoms with Gasteiger partial charge >= 0.3 is 17.9 Å². The van der Waals surface area contributed by atoms with E-state index < -0.39 is 35.2 Å². The zero-order chi connectivity index (χ0) is 15.3. The smallest absolute Gasteiger partial charge is 0.309 e. The van der Waals surface area contributed by atoms with Crippen molar-refractivity contribution in [3.05, 3.63) is 12.8 Å². The molecule has 0 saturated heterocycles. The van der Waals surface area contributed by atoms with E-state index in [1.54, 1.807) is 0 Å². The molecule has 0 heterocycles. The Labute approximate surface area is 115 Å². The van der Waals surface area contributed by atoms with E-state index in [2.05, 4.69) is 6.58 Å². The number of hydrogen-bond acceptors (Lipinski definition) is 4. The van der Waals surface area contributed by atoms with Crippen molar-refractivity contribution in [3.63, 3.8) is 0 Å². The van der Waals surface area contributed by atoms with E-state index in [9.17, 15) is 19.5 Å². The summed E-state index contributed by atoms with van der Waals surface area (Å²) in [7, 11) is 0. The van der Waals surface area contributed by atoms with Crippen molar-refractivity contribution in [2.24, 2.45) is 17.3 Å². The van der Waals surface area contributed by atoms with Gasteiger partial charge in [0.2, 0.25) is 0 Å². The Hall–Kier alpha value is -2.05. The molecule has 0 aromatic heterocycles. The molecule has 20 heavy (non-hydrogen) atoms. The molecule has 0 aromatic rings. The van der Waals surface area contributed by atoms with Gasteiger partial charge in [0.25, 0.3) is 0 Å². The number of carboxylic acids is 3. The van der Waals surface area contributed by atoms with Crippen LogP contribution in [0.3, 0.4) is 0 Å². The Morgan fingerprint density at radius 1 is 1.20 bits per heavy atom. The average molecular weight is 286 g/mol. The molecular formula is C13H18O7. The summed E-state index contributed by atoms with van der Waals surface area (Å²) in [6.07, 6.45) is 1.28. The van der Waals surface area contributed by atoms with Crippen molar-refractivity contribution < 1.29 is 34.4 Å². The Morgan fingerprint density at radius 3 is 2.25 bits per heavy atom.